The van der Waals surface area contributed by atoms with Crippen LogP contribution in [-0.4, -0.2) is 23.8 Å². The van der Waals surface area contributed by atoms with Gasteiger partial charge in [-0.2, -0.15) is 0 Å². The molecule has 1 atom stereocenters. The number of aliphatic hydroxyl groups is 1. The van der Waals surface area contributed by atoms with E-state index in [-0.39, 0.29) is 18.7 Å². The van der Waals surface area contributed by atoms with E-state index in [1.165, 1.54) is 0 Å². The highest BCUT2D eigenvalue weighted by molar-refractivity contribution is 5.71. The van der Waals surface area contributed by atoms with Crippen molar-refractivity contribution < 1.29 is 19.4 Å². The van der Waals surface area contributed by atoms with Crippen LogP contribution < -0.4 is 4.74 Å². The summed E-state index contributed by atoms with van der Waals surface area (Å²) in [6.45, 7) is 5.16. The van der Waals surface area contributed by atoms with Gasteiger partial charge in [0.05, 0.1) is 12.2 Å². The van der Waals surface area contributed by atoms with Crippen LogP contribution >= 0.6 is 0 Å². The maximum absolute atomic E-state index is 11.2. The van der Waals surface area contributed by atoms with Crippen LogP contribution in [0.25, 0.3) is 0 Å². The lowest BCUT2D eigenvalue weighted by atomic mass is 10.1. The van der Waals surface area contributed by atoms with E-state index >= 15 is 0 Å². The molecule has 0 unspecified atom stereocenters. The van der Waals surface area contributed by atoms with Crippen LogP contribution in [0.4, 0.5) is 0 Å². The van der Waals surface area contributed by atoms with Crippen molar-refractivity contribution in [3.05, 3.63) is 29.8 Å². The van der Waals surface area contributed by atoms with Crippen LogP contribution in [0.5, 0.6) is 5.75 Å². The molecule has 1 aromatic rings. The lowest BCUT2D eigenvalue weighted by Crippen LogP contribution is -2.18. The second kappa shape index (κ2) is 6.25. The Morgan fingerprint density at radius 3 is 2.29 bits per heavy atom. The average Bonchev–Trinajstić information content (AvgIpc) is 2.26. The van der Waals surface area contributed by atoms with Gasteiger partial charge in [-0.15, -0.1) is 0 Å². The van der Waals surface area contributed by atoms with Crippen molar-refractivity contribution in [1.82, 2.24) is 0 Å². The molecule has 0 amide bonds. The summed E-state index contributed by atoms with van der Waals surface area (Å²) >= 11 is 0. The SMILES string of the molecule is CC(C)OC(=O)COc1ccc([C@@H](C)O)cc1. The molecule has 0 radical (unpaired) electrons. The Labute approximate surface area is 101 Å². The molecular weight excluding hydrogens is 220 g/mol. The third-order valence-electron chi connectivity index (χ3n) is 2.09. The van der Waals surface area contributed by atoms with Crippen LogP contribution in [0.3, 0.4) is 0 Å². The third kappa shape index (κ3) is 4.87. The summed E-state index contributed by atoms with van der Waals surface area (Å²) in [6.07, 6.45) is -0.640. The Balaban J connectivity index is 2.44. The molecule has 0 aliphatic carbocycles. The lowest BCUT2D eigenvalue weighted by Gasteiger charge is -2.10. The second-order valence-electron chi connectivity index (χ2n) is 4.07. The number of benzene rings is 1. The van der Waals surface area contributed by atoms with Crippen LogP contribution in [0.1, 0.15) is 32.4 Å². The quantitative estimate of drug-likeness (QED) is 0.798. The number of hydrogen-bond donors (Lipinski definition) is 1. The highest BCUT2D eigenvalue weighted by Gasteiger charge is 2.06. The first-order chi connectivity index (χ1) is 7.99. The highest BCUT2D eigenvalue weighted by Crippen LogP contribution is 2.17. The van der Waals surface area contributed by atoms with Gasteiger partial charge < -0.3 is 14.6 Å². The molecule has 0 saturated heterocycles. The fourth-order valence-electron chi connectivity index (χ4n) is 1.28. The van der Waals surface area contributed by atoms with Crippen molar-refractivity contribution in [3.63, 3.8) is 0 Å². The molecule has 17 heavy (non-hydrogen) atoms. The minimum absolute atomic E-state index is 0.105. The van der Waals surface area contributed by atoms with Gasteiger partial charge in [0.2, 0.25) is 0 Å². The first-order valence-corrected chi connectivity index (χ1v) is 5.59. The summed E-state index contributed by atoms with van der Waals surface area (Å²) in [5.41, 5.74) is 0.808. The number of aliphatic hydroxyl groups excluding tert-OH is 1. The summed E-state index contributed by atoms with van der Waals surface area (Å²) < 4.78 is 10.2. The van der Waals surface area contributed by atoms with Crippen molar-refractivity contribution in [2.45, 2.75) is 33.0 Å². The summed E-state index contributed by atoms with van der Waals surface area (Å²) in [7, 11) is 0. The fraction of sp³-hybridized carbons (Fsp3) is 0.462. The van der Waals surface area contributed by atoms with Gasteiger partial charge in [-0.05, 0) is 38.5 Å². The minimum atomic E-state index is -0.505. The highest BCUT2D eigenvalue weighted by atomic mass is 16.6. The summed E-state index contributed by atoms with van der Waals surface area (Å²) in [5.74, 6) is 0.190. The second-order valence-corrected chi connectivity index (χ2v) is 4.07. The van der Waals surface area contributed by atoms with Gasteiger partial charge in [-0.1, -0.05) is 12.1 Å². The molecule has 0 spiro atoms. The van der Waals surface area contributed by atoms with E-state index in [9.17, 15) is 9.90 Å². The van der Waals surface area contributed by atoms with Crippen molar-refractivity contribution >= 4 is 5.97 Å². The monoisotopic (exact) mass is 238 g/mol. The predicted octanol–water partition coefficient (Wildman–Crippen LogP) is 2.07. The zero-order chi connectivity index (χ0) is 12.8. The molecule has 0 heterocycles. The van der Waals surface area contributed by atoms with Crippen molar-refractivity contribution in [2.24, 2.45) is 0 Å². The molecule has 0 fully saturated rings. The molecule has 0 bridgehead atoms. The molecule has 1 rings (SSSR count). The van der Waals surface area contributed by atoms with Gasteiger partial charge in [0.1, 0.15) is 5.75 Å². The van der Waals surface area contributed by atoms with E-state index < -0.39 is 6.10 Å². The molecule has 1 N–H and O–H groups in total. The molecule has 0 aromatic heterocycles. The standard InChI is InChI=1S/C13H18O4/c1-9(2)17-13(15)8-16-12-6-4-11(5-7-12)10(3)14/h4-7,9-10,14H,8H2,1-3H3/t10-/m1/s1. The molecule has 4 heteroatoms. The molecule has 0 aliphatic rings. The van der Waals surface area contributed by atoms with E-state index in [0.717, 1.165) is 5.56 Å². The topological polar surface area (TPSA) is 55.8 Å². The number of ether oxygens (including phenoxy) is 2. The summed E-state index contributed by atoms with van der Waals surface area (Å²) in [4.78, 5) is 11.2. The summed E-state index contributed by atoms with van der Waals surface area (Å²) in [5, 5.41) is 9.32. The zero-order valence-electron chi connectivity index (χ0n) is 10.3. The van der Waals surface area contributed by atoms with Crippen LogP contribution in [0, 0.1) is 0 Å². The predicted molar refractivity (Wildman–Crippen MR) is 63.8 cm³/mol. The Morgan fingerprint density at radius 1 is 1.24 bits per heavy atom. The Kier molecular flexibility index (Phi) is 4.97. The van der Waals surface area contributed by atoms with Gasteiger partial charge in [-0.25, -0.2) is 4.79 Å². The van der Waals surface area contributed by atoms with Crippen LogP contribution in [0.15, 0.2) is 24.3 Å². The average molecular weight is 238 g/mol. The number of hydrogen-bond acceptors (Lipinski definition) is 4. The van der Waals surface area contributed by atoms with E-state index in [1.807, 2.05) is 0 Å². The number of carbonyl (C=O) groups is 1. The van der Waals surface area contributed by atoms with Gasteiger partial charge in [-0.3, -0.25) is 0 Å². The van der Waals surface area contributed by atoms with Gasteiger partial charge in [0.15, 0.2) is 6.61 Å². The number of esters is 1. The maximum Gasteiger partial charge on any atom is 0.344 e. The zero-order valence-corrected chi connectivity index (χ0v) is 10.3. The lowest BCUT2D eigenvalue weighted by molar-refractivity contribution is -0.149. The first kappa shape index (κ1) is 13.5. The Morgan fingerprint density at radius 2 is 1.82 bits per heavy atom. The van der Waals surface area contributed by atoms with Crippen LogP contribution in [0.2, 0.25) is 0 Å². The van der Waals surface area contributed by atoms with E-state index in [1.54, 1.807) is 45.0 Å². The van der Waals surface area contributed by atoms with E-state index in [0.29, 0.717) is 5.75 Å². The fourth-order valence-corrected chi connectivity index (χ4v) is 1.28. The number of rotatable bonds is 5. The molecule has 0 saturated carbocycles. The molecule has 94 valence electrons. The van der Waals surface area contributed by atoms with E-state index in [2.05, 4.69) is 0 Å². The largest absolute Gasteiger partial charge is 0.482 e. The Hall–Kier alpha value is -1.55. The van der Waals surface area contributed by atoms with Crippen molar-refractivity contribution in [3.8, 4) is 5.75 Å². The molecule has 4 nitrogen and oxygen atoms in total. The first-order valence-electron chi connectivity index (χ1n) is 5.59. The van der Waals surface area contributed by atoms with Crippen LogP contribution in [-0.2, 0) is 9.53 Å². The van der Waals surface area contributed by atoms with E-state index in [4.69, 9.17) is 9.47 Å². The van der Waals surface area contributed by atoms with Gasteiger partial charge in [0, 0.05) is 0 Å². The minimum Gasteiger partial charge on any atom is -0.482 e. The van der Waals surface area contributed by atoms with Gasteiger partial charge >= 0.3 is 5.97 Å². The summed E-state index contributed by atoms with van der Waals surface area (Å²) in [6, 6.07) is 6.94. The van der Waals surface area contributed by atoms with Crippen molar-refractivity contribution in [2.75, 3.05) is 6.61 Å². The Bertz CT molecular complexity index is 354. The van der Waals surface area contributed by atoms with Gasteiger partial charge in [0.25, 0.3) is 0 Å². The maximum atomic E-state index is 11.2. The number of carbonyl (C=O) groups excluding carboxylic acids is 1. The molecular formula is C13H18O4. The normalized spacial score (nSPS) is 12.3. The molecule has 0 aliphatic heterocycles. The van der Waals surface area contributed by atoms with Crippen molar-refractivity contribution in [1.29, 1.82) is 0 Å². The third-order valence-corrected chi connectivity index (χ3v) is 2.09. The smallest absolute Gasteiger partial charge is 0.344 e. The molecule has 1 aromatic carbocycles.